The molecule has 0 fully saturated rings. The summed E-state index contributed by atoms with van der Waals surface area (Å²) in [5.74, 6) is -0.473. The number of anilines is 1. The first kappa shape index (κ1) is 14.5. The van der Waals surface area contributed by atoms with Crippen LogP contribution in [0.4, 0.5) is 5.69 Å². The summed E-state index contributed by atoms with van der Waals surface area (Å²) in [6.07, 6.45) is 3.06. The number of hydrogen-bond acceptors (Lipinski definition) is 5. The van der Waals surface area contributed by atoms with Crippen molar-refractivity contribution in [1.29, 1.82) is 0 Å². The van der Waals surface area contributed by atoms with Crippen LogP contribution in [-0.4, -0.2) is 31.1 Å². The van der Waals surface area contributed by atoms with Crippen LogP contribution in [-0.2, 0) is 4.74 Å². The molecule has 2 rings (SSSR count). The first-order valence-corrected chi connectivity index (χ1v) is 6.13. The fourth-order valence-electron chi connectivity index (χ4n) is 1.75. The molecule has 108 valence electrons. The molecule has 0 spiro atoms. The summed E-state index contributed by atoms with van der Waals surface area (Å²) in [4.78, 5) is 27.4. The van der Waals surface area contributed by atoms with Crippen LogP contribution in [0.3, 0.4) is 0 Å². The fraction of sp³-hybridized carbons (Fsp3) is 0.133. The van der Waals surface area contributed by atoms with Crippen molar-refractivity contribution in [1.82, 2.24) is 4.98 Å². The molecule has 2 aromatic rings. The quantitative estimate of drug-likeness (QED) is 0.871. The summed E-state index contributed by atoms with van der Waals surface area (Å²) in [5, 5.41) is 2.71. The van der Waals surface area contributed by atoms with Gasteiger partial charge < -0.3 is 14.8 Å². The van der Waals surface area contributed by atoms with Crippen molar-refractivity contribution in [3.8, 4) is 5.75 Å². The van der Waals surface area contributed by atoms with Gasteiger partial charge in [-0.3, -0.25) is 9.78 Å². The molecular weight excluding hydrogens is 272 g/mol. The van der Waals surface area contributed by atoms with E-state index in [1.54, 1.807) is 30.5 Å². The molecule has 0 aliphatic heterocycles. The number of carbonyl (C=O) groups is 2. The van der Waals surface area contributed by atoms with E-state index in [4.69, 9.17) is 4.74 Å². The molecule has 1 amide bonds. The number of pyridine rings is 1. The molecule has 1 heterocycles. The zero-order valence-corrected chi connectivity index (χ0v) is 11.6. The predicted molar refractivity (Wildman–Crippen MR) is 76.5 cm³/mol. The smallest absolute Gasteiger partial charge is 0.341 e. The molecular formula is C15H14N2O4. The highest BCUT2D eigenvalue weighted by Gasteiger charge is 2.14. The number of rotatable bonds is 4. The Labute approximate surface area is 121 Å². The Kier molecular flexibility index (Phi) is 4.50. The lowest BCUT2D eigenvalue weighted by Gasteiger charge is -2.10. The molecule has 0 bridgehead atoms. The molecule has 0 saturated carbocycles. The Balaban J connectivity index is 2.22. The largest absolute Gasteiger partial charge is 0.496 e. The monoisotopic (exact) mass is 286 g/mol. The molecule has 0 aliphatic carbocycles. The van der Waals surface area contributed by atoms with Crippen molar-refractivity contribution in [3.05, 3.63) is 53.9 Å². The van der Waals surface area contributed by atoms with Gasteiger partial charge in [0.05, 0.1) is 19.8 Å². The van der Waals surface area contributed by atoms with Gasteiger partial charge in [-0.15, -0.1) is 0 Å². The van der Waals surface area contributed by atoms with Crippen molar-refractivity contribution < 1.29 is 19.1 Å². The van der Waals surface area contributed by atoms with Crippen LogP contribution in [0.15, 0.2) is 42.7 Å². The van der Waals surface area contributed by atoms with Crippen molar-refractivity contribution in [2.75, 3.05) is 19.5 Å². The number of hydrogen-bond donors (Lipinski definition) is 1. The van der Waals surface area contributed by atoms with E-state index in [1.165, 1.54) is 26.5 Å². The van der Waals surface area contributed by atoms with Gasteiger partial charge >= 0.3 is 5.97 Å². The predicted octanol–water partition coefficient (Wildman–Crippen LogP) is 2.13. The number of esters is 1. The van der Waals surface area contributed by atoms with E-state index in [0.717, 1.165) is 0 Å². The Hall–Kier alpha value is -2.89. The third-order valence-corrected chi connectivity index (χ3v) is 2.79. The topological polar surface area (TPSA) is 77.5 Å². The number of ether oxygens (including phenoxy) is 2. The summed E-state index contributed by atoms with van der Waals surface area (Å²) in [5.41, 5.74) is 1.24. The summed E-state index contributed by atoms with van der Waals surface area (Å²) in [6.45, 7) is 0. The third kappa shape index (κ3) is 3.36. The van der Waals surface area contributed by atoms with Crippen LogP contribution >= 0.6 is 0 Å². The molecule has 1 aromatic carbocycles. The third-order valence-electron chi connectivity index (χ3n) is 2.79. The standard InChI is InChI=1S/C15H14N2O4/c1-20-13-8-11(5-6-12(13)15(19)21-2)17-14(18)10-4-3-7-16-9-10/h3-9H,1-2H3,(H,17,18). The number of carbonyl (C=O) groups excluding carboxylic acids is 2. The Morgan fingerprint density at radius 1 is 1.19 bits per heavy atom. The van der Waals surface area contributed by atoms with E-state index in [-0.39, 0.29) is 5.91 Å². The van der Waals surface area contributed by atoms with E-state index in [1.807, 2.05) is 0 Å². The Morgan fingerprint density at radius 3 is 2.62 bits per heavy atom. The number of aromatic nitrogens is 1. The highest BCUT2D eigenvalue weighted by molar-refractivity contribution is 6.04. The molecule has 0 unspecified atom stereocenters. The average Bonchev–Trinajstić information content (AvgIpc) is 2.54. The van der Waals surface area contributed by atoms with Crippen LogP contribution in [0.2, 0.25) is 0 Å². The minimum Gasteiger partial charge on any atom is -0.496 e. The maximum Gasteiger partial charge on any atom is 0.341 e. The van der Waals surface area contributed by atoms with Crippen LogP contribution in [0.5, 0.6) is 5.75 Å². The second kappa shape index (κ2) is 6.51. The first-order chi connectivity index (χ1) is 10.2. The van der Waals surface area contributed by atoms with Gasteiger partial charge in [0, 0.05) is 24.1 Å². The lowest BCUT2D eigenvalue weighted by Crippen LogP contribution is -2.12. The summed E-state index contributed by atoms with van der Waals surface area (Å²) >= 11 is 0. The molecule has 0 saturated heterocycles. The SMILES string of the molecule is COC(=O)c1ccc(NC(=O)c2cccnc2)cc1OC. The van der Waals surface area contributed by atoms with E-state index >= 15 is 0 Å². The number of amides is 1. The Bertz CT molecular complexity index is 656. The number of nitrogens with zero attached hydrogens (tertiary/aromatic N) is 1. The lowest BCUT2D eigenvalue weighted by molar-refractivity contribution is 0.0597. The molecule has 0 atom stereocenters. The summed E-state index contributed by atoms with van der Waals surface area (Å²) in [6, 6.07) is 8.02. The molecule has 0 radical (unpaired) electrons. The summed E-state index contributed by atoms with van der Waals surface area (Å²) < 4.78 is 9.79. The minimum atomic E-state index is -0.503. The van der Waals surface area contributed by atoms with Crippen molar-refractivity contribution >= 4 is 17.6 Å². The van der Waals surface area contributed by atoms with E-state index in [2.05, 4.69) is 15.0 Å². The number of methoxy groups -OCH3 is 2. The van der Waals surface area contributed by atoms with Crippen molar-refractivity contribution in [2.45, 2.75) is 0 Å². The van der Waals surface area contributed by atoms with Gasteiger partial charge in [-0.25, -0.2) is 4.79 Å². The van der Waals surface area contributed by atoms with Gasteiger partial charge in [-0.2, -0.15) is 0 Å². The maximum absolute atomic E-state index is 12.0. The first-order valence-electron chi connectivity index (χ1n) is 6.13. The molecule has 6 heteroatoms. The molecule has 21 heavy (non-hydrogen) atoms. The van der Waals surface area contributed by atoms with Crippen LogP contribution < -0.4 is 10.1 Å². The maximum atomic E-state index is 12.0. The van der Waals surface area contributed by atoms with Gasteiger partial charge in [0.15, 0.2) is 0 Å². The highest BCUT2D eigenvalue weighted by atomic mass is 16.5. The lowest BCUT2D eigenvalue weighted by atomic mass is 10.1. The zero-order chi connectivity index (χ0) is 15.2. The van der Waals surface area contributed by atoms with Gasteiger partial charge in [0.2, 0.25) is 0 Å². The number of benzene rings is 1. The van der Waals surface area contributed by atoms with Gasteiger partial charge in [-0.05, 0) is 24.3 Å². The van der Waals surface area contributed by atoms with Crippen LogP contribution in [0, 0.1) is 0 Å². The fourth-order valence-corrected chi connectivity index (χ4v) is 1.75. The normalized spacial score (nSPS) is 9.81. The number of nitrogens with one attached hydrogen (secondary N) is 1. The van der Waals surface area contributed by atoms with Crippen molar-refractivity contribution in [3.63, 3.8) is 0 Å². The molecule has 6 nitrogen and oxygen atoms in total. The molecule has 1 aromatic heterocycles. The van der Waals surface area contributed by atoms with Gasteiger partial charge in [0.1, 0.15) is 11.3 Å². The van der Waals surface area contributed by atoms with E-state index < -0.39 is 5.97 Å². The zero-order valence-electron chi connectivity index (χ0n) is 11.6. The van der Waals surface area contributed by atoms with Crippen LogP contribution in [0.1, 0.15) is 20.7 Å². The molecule has 0 aliphatic rings. The van der Waals surface area contributed by atoms with Crippen molar-refractivity contribution in [2.24, 2.45) is 0 Å². The van der Waals surface area contributed by atoms with Crippen LogP contribution in [0.25, 0.3) is 0 Å². The molecule has 1 N–H and O–H groups in total. The second-order valence-corrected chi connectivity index (χ2v) is 4.10. The van der Waals surface area contributed by atoms with Gasteiger partial charge in [-0.1, -0.05) is 0 Å². The second-order valence-electron chi connectivity index (χ2n) is 4.10. The average molecular weight is 286 g/mol. The summed E-state index contributed by atoms with van der Waals surface area (Å²) in [7, 11) is 2.73. The Morgan fingerprint density at radius 2 is 2.00 bits per heavy atom. The van der Waals surface area contributed by atoms with E-state index in [0.29, 0.717) is 22.6 Å². The van der Waals surface area contributed by atoms with Gasteiger partial charge in [0.25, 0.3) is 5.91 Å². The highest BCUT2D eigenvalue weighted by Crippen LogP contribution is 2.24. The van der Waals surface area contributed by atoms with E-state index in [9.17, 15) is 9.59 Å². The minimum absolute atomic E-state index is 0.291.